The van der Waals surface area contributed by atoms with Gasteiger partial charge in [-0.3, -0.25) is 4.79 Å². The van der Waals surface area contributed by atoms with E-state index in [1.54, 1.807) is 37.4 Å². The SMILES string of the molecule is CN(C(=O)c1ccc(Cl)c(-c2nc3ccc(F)cc3cc2C#N)c1)c1ccccc1. The molecule has 0 N–H and O–H groups in total. The Balaban J connectivity index is 1.82. The third-order valence-electron chi connectivity index (χ3n) is 4.81. The maximum absolute atomic E-state index is 13.5. The number of benzene rings is 3. The van der Waals surface area contributed by atoms with Crippen LogP contribution < -0.4 is 4.90 Å². The van der Waals surface area contributed by atoms with Crippen molar-refractivity contribution < 1.29 is 9.18 Å². The average Bonchev–Trinajstić information content (AvgIpc) is 2.78. The molecule has 1 aromatic heterocycles. The van der Waals surface area contributed by atoms with Gasteiger partial charge in [0, 0.05) is 29.2 Å². The molecular weight excluding hydrogens is 401 g/mol. The van der Waals surface area contributed by atoms with Crippen molar-refractivity contribution in [2.45, 2.75) is 0 Å². The van der Waals surface area contributed by atoms with Crippen LogP contribution in [0.2, 0.25) is 5.02 Å². The molecule has 0 saturated carbocycles. The largest absolute Gasteiger partial charge is 0.311 e. The third kappa shape index (κ3) is 3.61. The van der Waals surface area contributed by atoms with E-state index >= 15 is 0 Å². The van der Waals surface area contributed by atoms with Crippen molar-refractivity contribution in [3.63, 3.8) is 0 Å². The molecule has 0 aliphatic rings. The summed E-state index contributed by atoms with van der Waals surface area (Å²) in [6.45, 7) is 0. The second-order valence-corrected chi connectivity index (χ2v) is 7.13. The van der Waals surface area contributed by atoms with E-state index in [1.807, 2.05) is 30.3 Å². The number of pyridine rings is 1. The number of carbonyl (C=O) groups excluding carboxylic acids is 1. The molecule has 4 nitrogen and oxygen atoms in total. The smallest absolute Gasteiger partial charge is 0.258 e. The quantitative estimate of drug-likeness (QED) is 0.422. The first-order valence-corrected chi connectivity index (χ1v) is 9.49. The van der Waals surface area contributed by atoms with Crippen LogP contribution in [0.4, 0.5) is 10.1 Å². The lowest BCUT2D eigenvalue weighted by Crippen LogP contribution is -2.26. The molecule has 0 spiro atoms. The lowest BCUT2D eigenvalue weighted by atomic mass is 10.0. The van der Waals surface area contributed by atoms with Gasteiger partial charge in [0.05, 0.1) is 21.8 Å². The van der Waals surface area contributed by atoms with Crippen molar-refractivity contribution in [3.8, 4) is 17.3 Å². The van der Waals surface area contributed by atoms with Crippen LogP contribution in [0.25, 0.3) is 22.2 Å². The van der Waals surface area contributed by atoms with E-state index in [1.165, 1.54) is 17.0 Å². The van der Waals surface area contributed by atoms with Gasteiger partial charge in [-0.2, -0.15) is 5.26 Å². The van der Waals surface area contributed by atoms with Crippen LogP contribution in [0.3, 0.4) is 0 Å². The summed E-state index contributed by atoms with van der Waals surface area (Å²) in [4.78, 5) is 19.1. The van der Waals surface area contributed by atoms with E-state index < -0.39 is 5.82 Å². The molecule has 0 unspecified atom stereocenters. The number of aromatic nitrogens is 1. The van der Waals surface area contributed by atoms with Gasteiger partial charge in [-0.15, -0.1) is 0 Å². The summed E-state index contributed by atoms with van der Waals surface area (Å²) in [5.41, 5.74) is 2.74. The number of fused-ring (bicyclic) bond motifs is 1. The predicted molar refractivity (Wildman–Crippen MR) is 116 cm³/mol. The van der Waals surface area contributed by atoms with Gasteiger partial charge in [0.2, 0.25) is 0 Å². The fraction of sp³-hybridized carbons (Fsp3) is 0.0417. The third-order valence-corrected chi connectivity index (χ3v) is 5.14. The fourth-order valence-corrected chi connectivity index (χ4v) is 3.45. The van der Waals surface area contributed by atoms with Crippen LogP contribution in [0, 0.1) is 17.1 Å². The second kappa shape index (κ2) is 7.94. The van der Waals surface area contributed by atoms with E-state index in [0.29, 0.717) is 32.7 Å². The molecular formula is C24H15ClFN3O. The Hall–Kier alpha value is -3.75. The van der Waals surface area contributed by atoms with Crippen molar-refractivity contribution >= 4 is 34.1 Å². The van der Waals surface area contributed by atoms with Gasteiger partial charge in [0.1, 0.15) is 11.9 Å². The summed E-state index contributed by atoms with van der Waals surface area (Å²) >= 11 is 6.40. The number of halogens is 2. The summed E-state index contributed by atoms with van der Waals surface area (Å²) in [6.07, 6.45) is 0. The predicted octanol–water partition coefficient (Wildman–Crippen LogP) is 5.84. The Labute approximate surface area is 177 Å². The van der Waals surface area contributed by atoms with Gasteiger partial charge in [-0.25, -0.2) is 9.37 Å². The van der Waals surface area contributed by atoms with Crippen molar-refractivity contribution in [1.82, 2.24) is 4.98 Å². The Morgan fingerprint density at radius 3 is 2.57 bits per heavy atom. The number of nitriles is 1. The lowest BCUT2D eigenvalue weighted by molar-refractivity contribution is 0.0993. The second-order valence-electron chi connectivity index (χ2n) is 6.73. The van der Waals surface area contributed by atoms with Gasteiger partial charge in [0.15, 0.2) is 0 Å². The lowest BCUT2D eigenvalue weighted by Gasteiger charge is -2.18. The van der Waals surface area contributed by atoms with E-state index in [2.05, 4.69) is 11.1 Å². The van der Waals surface area contributed by atoms with Crippen LogP contribution >= 0.6 is 11.6 Å². The van der Waals surface area contributed by atoms with Gasteiger partial charge >= 0.3 is 0 Å². The number of hydrogen-bond acceptors (Lipinski definition) is 3. The van der Waals surface area contributed by atoms with Crippen LogP contribution in [-0.4, -0.2) is 17.9 Å². The summed E-state index contributed by atoms with van der Waals surface area (Å²) in [7, 11) is 1.69. The molecule has 0 fully saturated rings. The Bertz CT molecular complexity index is 1320. The molecule has 0 saturated heterocycles. The first kappa shape index (κ1) is 19.6. The number of carbonyl (C=O) groups is 1. The molecule has 0 aliphatic heterocycles. The Morgan fingerprint density at radius 2 is 1.83 bits per heavy atom. The number of nitrogens with zero attached hydrogens (tertiary/aromatic N) is 3. The number of rotatable bonds is 3. The summed E-state index contributed by atoms with van der Waals surface area (Å²) in [6, 6.07) is 22.0. The molecule has 0 atom stereocenters. The highest BCUT2D eigenvalue weighted by Crippen LogP contribution is 2.32. The number of amides is 1. The topological polar surface area (TPSA) is 57.0 Å². The van der Waals surface area contributed by atoms with E-state index in [4.69, 9.17) is 11.6 Å². The van der Waals surface area contributed by atoms with Gasteiger partial charge in [-0.1, -0.05) is 29.8 Å². The monoisotopic (exact) mass is 415 g/mol. The maximum atomic E-state index is 13.5. The van der Waals surface area contributed by atoms with E-state index in [9.17, 15) is 14.4 Å². The Morgan fingerprint density at radius 1 is 1.07 bits per heavy atom. The zero-order valence-electron chi connectivity index (χ0n) is 15.9. The van der Waals surface area contributed by atoms with Crippen LogP contribution in [0.15, 0.2) is 72.8 Å². The summed E-state index contributed by atoms with van der Waals surface area (Å²) < 4.78 is 13.5. The Kier molecular flexibility index (Phi) is 5.18. The minimum absolute atomic E-state index is 0.222. The molecule has 6 heteroatoms. The molecule has 30 heavy (non-hydrogen) atoms. The van der Waals surface area contributed by atoms with Crippen molar-refractivity contribution in [3.05, 3.63) is 94.8 Å². The molecule has 146 valence electrons. The van der Waals surface area contributed by atoms with Crippen LogP contribution in [0.1, 0.15) is 15.9 Å². The van der Waals surface area contributed by atoms with Crippen LogP contribution in [0.5, 0.6) is 0 Å². The minimum atomic E-state index is -0.407. The highest BCUT2D eigenvalue weighted by Gasteiger charge is 2.18. The first-order valence-electron chi connectivity index (χ1n) is 9.11. The molecule has 0 radical (unpaired) electrons. The molecule has 3 aromatic carbocycles. The van der Waals surface area contributed by atoms with Gasteiger partial charge < -0.3 is 4.90 Å². The van der Waals surface area contributed by atoms with E-state index in [-0.39, 0.29) is 11.5 Å². The van der Waals surface area contributed by atoms with Gasteiger partial charge in [-0.05, 0) is 54.6 Å². The summed E-state index contributed by atoms with van der Waals surface area (Å²) in [5, 5.41) is 10.5. The molecule has 0 aliphatic carbocycles. The van der Waals surface area contributed by atoms with Crippen molar-refractivity contribution in [2.75, 3.05) is 11.9 Å². The standard InChI is InChI=1S/C24H15ClFN3O/c1-29(19-5-3-2-4-6-19)24(30)15-7-9-21(25)20(13-15)23-17(14-27)11-16-12-18(26)8-10-22(16)28-23/h2-13H,1H3. The van der Waals surface area contributed by atoms with Crippen molar-refractivity contribution in [1.29, 1.82) is 5.26 Å². The zero-order valence-corrected chi connectivity index (χ0v) is 16.7. The molecule has 1 heterocycles. The molecule has 4 aromatic rings. The molecule has 1 amide bonds. The van der Waals surface area contributed by atoms with E-state index in [0.717, 1.165) is 5.69 Å². The normalized spacial score (nSPS) is 10.6. The van der Waals surface area contributed by atoms with Crippen LogP contribution in [-0.2, 0) is 0 Å². The number of hydrogen-bond donors (Lipinski definition) is 0. The average molecular weight is 416 g/mol. The minimum Gasteiger partial charge on any atom is -0.311 e. The maximum Gasteiger partial charge on any atom is 0.258 e. The van der Waals surface area contributed by atoms with Crippen molar-refractivity contribution in [2.24, 2.45) is 0 Å². The fourth-order valence-electron chi connectivity index (χ4n) is 3.24. The van der Waals surface area contributed by atoms with Gasteiger partial charge in [0.25, 0.3) is 5.91 Å². The molecule has 0 bridgehead atoms. The first-order chi connectivity index (χ1) is 14.5. The summed E-state index contributed by atoms with van der Waals surface area (Å²) in [5.74, 6) is -0.629. The molecule has 4 rings (SSSR count). The highest BCUT2D eigenvalue weighted by molar-refractivity contribution is 6.33. The highest BCUT2D eigenvalue weighted by atomic mass is 35.5. The number of anilines is 1. The zero-order chi connectivity index (χ0) is 21.3. The number of para-hydroxylation sites is 1.